The van der Waals surface area contributed by atoms with Crippen molar-refractivity contribution in [2.75, 3.05) is 6.61 Å². The molecule has 116 valence electrons. The fraction of sp³-hybridized carbons (Fsp3) is 0.375. The van der Waals surface area contributed by atoms with Gasteiger partial charge in [0.2, 0.25) is 17.1 Å². The van der Waals surface area contributed by atoms with Gasteiger partial charge in [-0.1, -0.05) is 31.2 Å². The predicted molar refractivity (Wildman–Crippen MR) is 76.7 cm³/mol. The number of carbonyl (C=O) groups is 2. The molecule has 3 N–H and O–H groups in total. The van der Waals surface area contributed by atoms with Crippen molar-refractivity contribution in [1.82, 2.24) is 5.32 Å². The number of esters is 1. The molecule has 0 spiro atoms. The van der Waals surface area contributed by atoms with Gasteiger partial charge in [0, 0.05) is 16.8 Å². The number of allylic oxidation sites excluding steroid dienone is 1. The van der Waals surface area contributed by atoms with Crippen molar-refractivity contribution in [2.45, 2.75) is 31.6 Å². The highest BCUT2D eigenvalue weighted by molar-refractivity contribution is 6.16. The highest BCUT2D eigenvalue weighted by atomic mass is 16.5. The largest absolute Gasteiger partial charge is 0.462 e. The SMILES string of the molecule is CCCOC(=O)C1=C(C)N[C@]2(O)c3ccccc3C(=O)[C@]12O. The van der Waals surface area contributed by atoms with Crippen LogP contribution in [-0.2, 0) is 15.3 Å². The molecule has 0 fully saturated rings. The molecule has 1 aromatic carbocycles. The standard InChI is InChI=1S/C16H17NO5/c1-3-8-22-14(19)12-9(2)17-16(21)11-7-5-4-6-10(11)13(18)15(12,16)20/h4-7,17,20-21H,3,8H2,1-2H3/t15-,16+/m1/s1. The summed E-state index contributed by atoms with van der Waals surface area (Å²) in [6.07, 6.45) is 0.613. The minimum absolute atomic E-state index is 0.172. The van der Waals surface area contributed by atoms with E-state index in [1.807, 2.05) is 6.92 Å². The second-order valence-electron chi connectivity index (χ2n) is 5.56. The average Bonchev–Trinajstić information content (AvgIpc) is 2.80. The smallest absolute Gasteiger partial charge is 0.339 e. The number of Topliss-reactive ketones (excluding diaryl/α,β-unsaturated/α-hetero) is 1. The molecule has 0 aromatic heterocycles. The van der Waals surface area contributed by atoms with E-state index in [4.69, 9.17) is 4.74 Å². The van der Waals surface area contributed by atoms with E-state index >= 15 is 0 Å². The lowest BCUT2D eigenvalue weighted by Gasteiger charge is -2.31. The fourth-order valence-electron chi connectivity index (χ4n) is 3.18. The highest BCUT2D eigenvalue weighted by Crippen LogP contribution is 2.51. The molecule has 2 aliphatic rings. The third kappa shape index (κ3) is 1.56. The van der Waals surface area contributed by atoms with Crippen molar-refractivity contribution in [3.63, 3.8) is 0 Å². The lowest BCUT2D eigenvalue weighted by Crippen LogP contribution is -2.56. The number of aliphatic hydroxyl groups is 2. The number of hydrogen-bond acceptors (Lipinski definition) is 6. The van der Waals surface area contributed by atoms with Crippen molar-refractivity contribution < 1.29 is 24.5 Å². The molecular weight excluding hydrogens is 286 g/mol. The van der Waals surface area contributed by atoms with Gasteiger partial charge in [-0.15, -0.1) is 0 Å². The Morgan fingerprint density at radius 2 is 2.00 bits per heavy atom. The molecule has 1 aromatic rings. The molecule has 0 amide bonds. The van der Waals surface area contributed by atoms with Crippen LogP contribution in [-0.4, -0.2) is 34.2 Å². The number of ketones is 1. The summed E-state index contributed by atoms with van der Waals surface area (Å²) in [6.45, 7) is 3.53. The molecule has 0 bridgehead atoms. The summed E-state index contributed by atoms with van der Waals surface area (Å²) in [4.78, 5) is 24.9. The molecule has 6 heteroatoms. The maximum Gasteiger partial charge on any atom is 0.339 e. The molecular formula is C16H17NO5. The third-order valence-electron chi connectivity index (χ3n) is 4.16. The summed E-state index contributed by atoms with van der Waals surface area (Å²) in [5, 5.41) is 24.5. The van der Waals surface area contributed by atoms with Gasteiger partial charge in [-0.2, -0.15) is 0 Å². The average molecular weight is 303 g/mol. The van der Waals surface area contributed by atoms with Crippen LogP contribution >= 0.6 is 0 Å². The normalized spacial score (nSPS) is 29.2. The Labute approximate surface area is 127 Å². The number of benzene rings is 1. The molecule has 0 unspecified atom stereocenters. The lowest BCUT2D eigenvalue weighted by atomic mass is 9.85. The zero-order valence-electron chi connectivity index (χ0n) is 12.3. The van der Waals surface area contributed by atoms with Crippen molar-refractivity contribution >= 4 is 11.8 Å². The van der Waals surface area contributed by atoms with Crippen LogP contribution in [0.1, 0.15) is 36.2 Å². The lowest BCUT2D eigenvalue weighted by molar-refractivity contribution is -0.147. The summed E-state index contributed by atoms with van der Waals surface area (Å²) in [6, 6.07) is 6.35. The van der Waals surface area contributed by atoms with E-state index in [1.54, 1.807) is 18.2 Å². The summed E-state index contributed by atoms with van der Waals surface area (Å²) < 4.78 is 5.05. The fourth-order valence-corrected chi connectivity index (χ4v) is 3.18. The van der Waals surface area contributed by atoms with Crippen LogP contribution < -0.4 is 5.32 Å². The maximum atomic E-state index is 12.6. The van der Waals surface area contributed by atoms with Crippen LogP contribution in [0.25, 0.3) is 0 Å². The molecule has 22 heavy (non-hydrogen) atoms. The summed E-state index contributed by atoms with van der Waals surface area (Å²) in [5.41, 5.74) is -3.98. The minimum atomic E-state index is -2.37. The molecule has 6 nitrogen and oxygen atoms in total. The first-order valence-corrected chi connectivity index (χ1v) is 7.13. The first-order chi connectivity index (χ1) is 10.4. The van der Waals surface area contributed by atoms with Gasteiger partial charge in [-0.05, 0) is 13.3 Å². The van der Waals surface area contributed by atoms with Crippen LogP contribution in [0.5, 0.6) is 0 Å². The zero-order valence-corrected chi connectivity index (χ0v) is 12.3. The third-order valence-corrected chi connectivity index (χ3v) is 4.16. The Morgan fingerprint density at radius 1 is 1.32 bits per heavy atom. The van der Waals surface area contributed by atoms with E-state index in [9.17, 15) is 19.8 Å². The minimum Gasteiger partial charge on any atom is -0.462 e. The first kappa shape index (κ1) is 14.7. The van der Waals surface area contributed by atoms with Crippen molar-refractivity contribution in [2.24, 2.45) is 0 Å². The van der Waals surface area contributed by atoms with Gasteiger partial charge in [0.05, 0.1) is 6.61 Å². The van der Waals surface area contributed by atoms with Gasteiger partial charge in [0.15, 0.2) is 0 Å². The number of rotatable bonds is 3. The van der Waals surface area contributed by atoms with Crippen molar-refractivity contribution in [1.29, 1.82) is 0 Å². The quantitative estimate of drug-likeness (QED) is 0.707. The summed E-state index contributed by atoms with van der Waals surface area (Å²) in [7, 11) is 0. The number of hydrogen-bond donors (Lipinski definition) is 3. The maximum absolute atomic E-state index is 12.6. The first-order valence-electron chi connectivity index (χ1n) is 7.13. The van der Waals surface area contributed by atoms with E-state index < -0.39 is 23.1 Å². The van der Waals surface area contributed by atoms with Crippen LogP contribution in [0.15, 0.2) is 35.5 Å². The number of fused-ring (bicyclic) bond motifs is 3. The van der Waals surface area contributed by atoms with Crippen LogP contribution in [0.4, 0.5) is 0 Å². The molecule has 0 saturated carbocycles. The second-order valence-corrected chi connectivity index (χ2v) is 5.56. The Bertz CT molecular complexity index is 710. The second kappa shape index (κ2) is 4.66. The summed E-state index contributed by atoms with van der Waals surface area (Å²) in [5.74, 6) is -1.51. The van der Waals surface area contributed by atoms with Gasteiger partial charge in [-0.25, -0.2) is 4.79 Å². The number of carbonyl (C=O) groups excluding carboxylic acids is 2. The van der Waals surface area contributed by atoms with Gasteiger partial charge in [-0.3, -0.25) is 4.79 Å². The van der Waals surface area contributed by atoms with E-state index in [-0.39, 0.29) is 29.0 Å². The Kier molecular flexibility index (Phi) is 3.12. The monoisotopic (exact) mass is 303 g/mol. The Balaban J connectivity index is 2.13. The number of ether oxygens (including phenoxy) is 1. The van der Waals surface area contributed by atoms with Gasteiger partial charge < -0.3 is 20.3 Å². The van der Waals surface area contributed by atoms with Crippen LogP contribution in [0, 0.1) is 0 Å². The van der Waals surface area contributed by atoms with Crippen LogP contribution in [0.3, 0.4) is 0 Å². The van der Waals surface area contributed by atoms with Gasteiger partial charge in [0.1, 0.15) is 5.57 Å². The molecule has 1 aliphatic carbocycles. The highest BCUT2D eigenvalue weighted by Gasteiger charge is 2.70. The molecule has 0 saturated heterocycles. The number of nitrogens with one attached hydrogen (secondary N) is 1. The van der Waals surface area contributed by atoms with Gasteiger partial charge >= 0.3 is 5.97 Å². The summed E-state index contributed by atoms with van der Waals surface area (Å²) >= 11 is 0. The van der Waals surface area contributed by atoms with Gasteiger partial charge in [0.25, 0.3) is 0 Å². The molecule has 0 radical (unpaired) electrons. The van der Waals surface area contributed by atoms with E-state index in [0.717, 1.165) is 0 Å². The predicted octanol–water partition coefficient (Wildman–Crippen LogP) is 0.590. The van der Waals surface area contributed by atoms with Crippen LogP contribution in [0.2, 0.25) is 0 Å². The zero-order chi connectivity index (χ0) is 16.1. The molecule has 1 aliphatic heterocycles. The van der Waals surface area contributed by atoms with Crippen molar-refractivity contribution in [3.05, 3.63) is 46.7 Å². The van der Waals surface area contributed by atoms with E-state index in [0.29, 0.717) is 6.42 Å². The topological polar surface area (TPSA) is 95.9 Å². The molecule has 3 rings (SSSR count). The van der Waals surface area contributed by atoms with E-state index in [1.165, 1.54) is 13.0 Å². The Hall–Kier alpha value is -2.18. The van der Waals surface area contributed by atoms with E-state index in [2.05, 4.69) is 5.32 Å². The Morgan fingerprint density at radius 3 is 2.68 bits per heavy atom. The van der Waals surface area contributed by atoms with Crippen molar-refractivity contribution in [3.8, 4) is 0 Å². The molecule has 2 atom stereocenters. The molecule has 1 heterocycles.